The van der Waals surface area contributed by atoms with Crippen LogP contribution in [0.25, 0.3) is 10.9 Å². The third-order valence-corrected chi connectivity index (χ3v) is 8.39. The van der Waals surface area contributed by atoms with E-state index in [-0.39, 0.29) is 31.7 Å². The lowest BCUT2D eigenvalue weighted by Gasteiger charge is -1.94. The lowest BCUT2D eigenvalue weighted by Crippen LogP contribution is -1.99. The third-order valence-electron chi connectivity index (χ3n) is 8.39. The summed E-state index contributed by atoms with van der Waals surface area (Å²) >= 11 is 0. The number of para-hydroxylation sites is 4. The number of anilines is 3. The molecular formula is C53H87F2N5. The topological polar surface area (TPSA) is 63.9 Å². The molecule has 0 saturated heterocycles. The minimum absolute atomic E-state index is 0. The standard InChI is InChI=1S/4C8H9N.C8H7N.5C2H6.3CH4.2FH/c1-2-4-8-6-9-5-7(8)3-1;4*1-2-4-8-7(3-1)5-6-9-8;5*1-2;;;;;/h4*1-4,9H,5-6H2;1-6,9H;5*1-2H3;3*1H4;2*1H. The number of aromatic nitrogens is 1. The van der Waals surface area contributed by atoms with Crippen molar-refractivity contribution < 1.29 is 9.41 Å². The average molecular weight is 832 g/mol. The summed E-state index contributed by atoms with van der Waals surface area (Å²) in [6, 6.07) is 44.2. The van der Waals surface area contributed by atoms with Crippen molar-refractivity contribution >= 4 is 28.0 Å². The monoisotopic (exact) mass is 832 g/mol. The molecule has 10 rings (SSSR count). The highest BCUT2D eigenvalue weighted by atomic mass is 19.0. The molecule has 5 aromatic carbocycles. The fraction of sp³-hybridized carbons (Fsp3) is 0.396. The molecule has 5 heterocycles. The summed E-state index contributed by atoms with van der Waals surface area (Å²) in [5.41, 5.74) is 12.4. The second-order valence-corrected chi connectivity index (χ2v) is 11.4. The van der Waals surface area contributed by atoms with Crippen molar-refractivity contribution in [1.82, 2.24) is 10.3 Å². The van der Waals surface area contributed by atoms with Gasteiger partial charge in [0, 0.05) is 61.5 Å². The van der Waals surface area contributed by atoms with E-state index in [2.05, 4.69) is 142 Å². The van der Waals surface area contributed by atoms with Gasteiger partial charge in [-0.25, -0.2) is 0 Å². The molecule has 1 aromatic heterocycles. The van der Waals surface area contributed by atoms with Crippen LogP contribution >= 0.6 is 0 Å². The van der Waals surface area contributed by atoms with Gasteiger partial charge in [0.1, 0.15) is 0 Å². The normalized spacial score (nSPS) is 11.0. The summed E-state index contributed by atoms with van der Waals surface area (Å²) in [6.45, 7) is 25.4. The predicted molar refractivity (Wildman–Crippen MR) is 273 cm³/mol. The molecular weight excluding hydrogens is 745 g/mol. The Kier molecular flexibility index (Phi) is 44.8. The van der Waals surface area contributed by atoms with Crippen LogP contribution in [-0.4, -0.2) is 24.6 Å². The van der Waals surface area contributed by atoms with E-state index in [1.54, 1.807) is 0 Å². The number of fused-ring (bicyclic) bond motifs is 5. The molecule has 338 valence electrons. The molecule has 0 saturated carbocycles. The number of hydrogen-bond acceptors (Lipinski definition) is 4. The number of nitrogens with one attached hydrogen (secondary N) is 5. The highest BCUT2D eigenvalue weighted by Gasteiger charge is 2.08. The second-order valence-electron chi connectivity index (χ2n) is 11.4. The lowest BCUT2D eigenvalue weighted by atomic mass is 10.1. The van der Waals surface area contributed by atoms with Gasteiger partial charge in [0.15, 0.2) is 0 Å². The smallest absolute Gasteiger partial charge is 0.0453 e. The van der Waals surface area contributed by atoms with E-state index in [1.165, 1.54) is 75.0 Å². The summed E-state index contributed by atoms with van der Waals surface area (Å²) < 4.78 is 0. The van der Waals surface area contributed by atoms with Gasteiger partial charge < -0.3 is 26.3 Å². The highest BCUT2D eigenvalue weighted by Crippen LogP contribution is 2.21. The third kappa shape index (κ3) is 22.3. The van der Waals surface area contributed by atoms with Gasteiger partial charge in [-0.05, 0) is 82.8 Å². The molecule has 0 unspecified atom stereocenters. The Labute approximate surface area is 367 Å². The molecule has 6 aromatic rings. The summed E-state index contributed by atoms with van der Waals surface area (Å²) in [5.74, 6) is 0. The van der Waals surface area contributed by atoms with Crippen LogP contribution in [0.15, 0.2) is 134 Å². The van der Waals surface area contributed by atoms with Crippen LogP contribution in [0, 0.1) is 0 Å². The lowest BCUT2D eigenvalue weighted by molar-refractivity contribution is 0.765. The van der Waals surface area contributed by atoms with E-state index in [0.717, 1.165) is 32.7 Å². The van der Waals surface area contributed by atoms with Gasteiger partial charge in [-0.2, -0.15) is 0 Å². The molecule has 0 spiro atoms. The summed E-state index contributed by atoms with van der Waals surface area (Å²) in [6.07, 6.45) is 5.52. The maximum Gasteiger partial charge on any atom is 0.0453 e. The number of rotatable bonds is 0. The van der Waals surface area contributed by atoms with Crippen molar-refractivity contribution in [2.45, 2.75) is 124 Å². The summed E-state index contributed by atoms with van der Waals surface area (Å²) in [5, 5.41) is 14.5. The molecule has 4 aliphatic heterocycles. The molecule has 0 fully saturated rings. The quantitative estimate of drug-likeness (QED) is 0.106. The van der Waals surface area contributed by atoms with Crippen molar-refractivity contribution in [3.8, 4) is 0 Å². The van der Waals surface area contributed by atoms with Crippen LogP contribution in [0.5, 0.6) is 0 Å². The first kappa shape index (κ1) is 64.0. The minimum atomic E-state index is 0. The van der Waals surface area contributed by atoms with Gasteiger partial charge in [-0.1, -0.05) is 189 Å². The van der Waals surface area contributed by atoms with Gasteiger partial charge in [0.25, 0.3) is 0 Å². The Morgan fingerprint density at radius 1 is 0.350 bits per heavy atom. The fourth-order valence-corrected chi connectivity index (χ4v) is 5.96. The maximum atomic E-state index is 3.30. The largest absolute Gasteiger partial charge is 0.384 e. The second kappa shape index (κ2) is 42.0. The minimum Gasteiger partial charge on any atom is -0.384 e. The van der Waals surface area contributed by atoms with E-state index in [0.29, 0.717) is 0 Å². The molecule has 7 heteroatoms. The molecule has 0 aliphatic carbocycles. The van der Waals surface area contributed by atoms with Crippen molar-refractivity contribution in [2.75, 3.05) is 35.6 Å². The maximum absolute atomic E-state index is 3.30. The number of halogens is 2. The summed E-state index contributed by atoms with van der Waals surface area (Å²) in [7, 11) is 0. The first-order chi connectivity index (χ1) is 27.3. The molecule has 5 nitrogen and oxygen atoms in total. The van der Waals surface area contributed by atoms with Crippen LogP contribution in [0.2, 0.25) is 0 Å². The molecule has 0 radical (unpaired) electrons. The van der Waals surface area contributed by atoms with Crippen LogP contribution < -0.4 is 21.3 Å². The van der Waals surface area contributed by atoms with Crippen LogP contribution in [0.3, 0.4) is 0 Å². The van der Waals surface area contributed by atoms with Crippen LogP contribution in [0.1, 0.15) is 119 Å². The van der Waals surface area contributed by atoms with Crippen LogP contribution in [0.4, 0.5) is 26.5 Å². The Bertz CT molecular complexity index is 1480. The zero-order chi connectivity index (χ0) is 40.5. The van der Waals surface area contributed by atoms with Crippen molar-refractivity contribution in [1.29, 1.82) is 0 Å². The van der Waals surface area contributed by atoms with Crippen molar-refractivity contribution in [3.63, 3.8) is 0 Å². The fourth-order valence-electron chi connectivity index (χ4n) is 5.96. The number of hydrogen-bond donors (Lipinski definition) is 5. The van der Waals surface area contributed by atoms with E-state index >= 15 is 0 Å². The summed E-state index contributed by atoms with van der Waals surface area (Å²) in [4.78, 5) is 3.12. The Balaban J connectivity index is -0.000000196. The molecule has 4 aliphatic rings. The number of aromatic amines is 1. The molecule has 5 N–H and O–H groups in total. The molecule has 0 atom stereocenters. The first-order valence-electron chi connectivity index (χ1n) is 21.1. The van der Waals surface area contributed by atoms with E-state index in [1.807, 2.05) is 87.6 Å². The molecule has 60 heavy (non-hydrogen) atoms. The van der Waals surface area contributed by atoms with Gasteiger partial charge in [-0.15, -0.1) is 0 Å². The van der Waals surface area contributed by atoms with Gasteiger partial charge >= 0.3 is 0 Å². The predicted octanol–water partition coefficient (Wildman–Crippen LogP) is 15.8. The molecule has 0 amide bonds. The first-order valence-corrected chi connectivity index (χ1v) is 21.1. The zero-order valence-corrected chi connectivity index (χ0v) is 36.7. The van der Waals surface area contributed by atoms with E-state index in [9.17, 15) is 0 Å². The Hall–Kier alpha value is -5.14. The van der Waals surface area contributed by atoms with Gasteiger partial charge in [0.05, 0.1) is 0 Å². The highest BCUT2D eigenvalue weighted by molar-refractivity contribution is 5.78. The number of benzene rings is 5. The Morgan fingerprint density at radius 3 is 0.983 bits per heavy atom. The SMILES string of the molecule is C.C.C.CC.CC.CC.CC.CC.F.F.c1ccc2[nH]ccc2c1.c1ccc2c(c1)CCN2.c1ccc2c(c1)CCN2.c1ccc2c(c1)CCN2.c1ccc2c(c1)CNC2. The van der Waals surface area contributed by atoms with E-state index in [4.69, 9.17) is 0 Å². The van der Waals surface area contributed by atoms with Crippen LogP contribution in [-0.2, 0) is 32.4 Å². The van der Waals surface area contributed by atoms with Gasteiger partial charge in [0.2, 0.25) is 0 Å². The Morgan fingerprint density at radius 2 is 0.650 bits per heavy atom. The van der Waals surface area contributed by atoms with Crippen molar-refractivity contribution in [2.24, 2.45) is 0 Å². The zero-order valence-electron chi connectivity index (χ0n) is 36.7. The van der Waals surface area contributed by atoms with Gasteiger partial charge in [-0.3, -0.25) is 9.41 Å². The van der Waals surface area contributed by atoms with E-state index < -0.39 is 0 Å². The molecule has 0 bridgehead atoms. The van der Waals surface area contributed by atoms with Crippen molar-refractivity contribution in [3.05, 3.63) is 161 Å². The number of H-pyrrole nitrogens is 1. The average Bonchev–Trinajstić information content (AvgIpc) is 4.15.